The van der Waals surface area contributed by atoms with Crippen molar-refractivity contribution in [2.45, 2.75) is 35.4 Å². The highest BCUT2D eigenvalue weighted by Crippen LogP contribution is 2.35. The van der Waals surface area contributed by atoms with Crippen molar-refractivity contribution >= 4 is 17.4 Å². The fourth-order valence-corrected chi connectivity index (χ4v) is 5.15. The zero-order valence-corrected chi connectivity index (χ0v) is 18.0. The van der Waals surface area contributed by atoms with Crippen LogP contribution in [0.1, 0.15) is 11.1 Å². The Morgan fingerprint density at radius 2 is 1.65 bits per heavy atom. The van der Waals surface area contributed by atoms with Crippen molar-refractivity contribution in [1.29, 1.82) is 0 Å². The summed E-state index contributed by atoms with van der Waals surface area (Å²) in [6.45, 7) is 2.98. The van der Waals surface area contributed by atoms with Crippen molar-refractivity contribution in [3.63, 3.8) is 0 Å². The van der Waals surface area contributed by atoms with Crippen LogP contribution in [0, 0.1) is 0 Å². The Morgan fingerprint density at radius 3 is 2.35 bits per heavy atom. The maximum Gasteiger partial charge on any atom is 0.173 e. The number of benzene rings is 2. The maximum atomic E-state index is 10.4. The number of aliphatic hydroxyl groups is 4. The maximum absolute atomic E-state index is 10.4. The molecule has 7 nitrogen and oxygen atoms in total. The van der Waals surface area contributed by atoms with E-state index in [9.17, 15) is 20.4 Å². The van der Waals surface area contributed by atoms with Crippen molar-refractivity contribution in [2.75, 3.05) is 37.8 Å². The molecule has 0 radical (unpaired) electrons. The molecule has 0 amide bonds. The second kappa shape index (κ2) is 10.2. The van der Waals surface area contributed by atoms with Gasteiger partial charge in [-0.3, -0.25) is 0 Å². The number of hydrogen-bond donors (Lipinski definition) is 4. The predicted molar refractivity (Wildman–Crippen MR) is 120 cm³/mol. The van der Waals surface area contributed by atoms with E-state index in [1.165, 1.54) is 5.69 Å². The summed E-state index contributed by atoms with van der Waals surface area (Å²) in [7, 11) is 0. The summed E-state index contributed by atoms with van der Waals surface area (Å²) in [5, 5.41) is 39.3. The highest BCUT2D eigenvalue weighted by Gasteiger charge is 2.44. The fraction of sp³-hybridized carbons (Fsp3) is 0.478. The number of aliphatic hydroxyl groups excluding tert-OH is 4. The number of thioether (sulfide) groups is 1. The Kier molecular flexibility index (Phi) is 7.37. The topological polar surface area (TPSA) is 103 Å². The van der Waals surface area contributed by atoms with Gasteiger partial charge in [0.25, 0.3) is 0 Å². The molecular weight excluding hydrogens is 418 g/mol. The molecule has 0 bridgehead atoms. The van der Waals surface area contributed by atoms with Gasteiger partial charge in [0.05, 0.1) is 31.2 Å². The average molecular weight is 448 g/mol. The van der Waals surface area contributed by atoms with Crippen LogP contribution in [0.2, 0.25) is 0 Å². The molecule has 4 N–H and O–H groups in total. The van der Waals surface area contributed by atoms with Gasteiger partial charge < -0.3 is 34.8 Å². The molecular formula is C23H29NO6S. The summed E-state index contributed by atoms with van der Waals surface area (Å²) in [5.74, 6) is 0.608. The molecule has 0 aromatic heterocycles. The monoisotopic (exact) mass is 447 g/mol. The molecule has 2 fully saturated rings. The van der Waals surface area contributed by atoms with Crippen molar-refractivity contribution in [1.82, 2.24) is 0 Å². The molecule has 2 heterocycles. The van der Waals surface area contributed by atoms with Crippen LogP contribution in [0.4, 0.5) is 5.69 Å². The number of para-hydroxylation sites is 1. The molecule has 0 saturated carbocycles. The van der Waals surface area contributed by atoms with E-state index in [4.69, 9.17) is 9.47 Å². The predicted octanol–water partition coefficient (Wildman–Crippen LogP) is 1.01. The van der Waals surface area contributed by atoms with E-state index >= 15 is 0 Å². The van der Waals surface area contributed by atoms with Crippen LogP contribution in [0.25, 0.3) is 0 Å². The van der Waals surface area contributed by atoms with E-state index in [2.05, 4.69) is 29.2 Å². The van der Waals surface area contributed by atoms with Gasteiger partial charge >= 0.3 is 0 Å². The number of morpholine rings is 1. The van der Waals surface area contributed by atoms with Crippen molar-refractivity contribution < 1.29 is 29.9 Å². The zero-order chi connectivity index (χ0) is 21.8. The standard InChI is InChI=1S/C23H29NO6S/c25-14-19-20(26)21(27)22(28)23(31-19)30-18-4-2-1-3-16(18)13-15-5-7-17(8-6-15)24-9-11-29-12-10-24/h1-8,19-23,25-28H,9-14H2/t19-,20+,21-,22+,23-/m0/s1. The third kappa shape index (κ3) is 5.16. The normalized spacial score (nSPS) is 29.0. The third-order valence-corrected chi connectivity index (χ3v) is 7.19. The van der Waals surface area contributed by atoms with Gasteiger partial charge in [-0.25, -0.2) is 0 Å². The van der Waals surface area contributed by atoms with Gasteiger partial charge in [-0.1, -0.05) is 30.3 Å². The van der Waals surface area contributed by atoms with Crippen LogP contribution in [0.15, 0.2) is 48.5 Å². The highest BCUT2D eigenvalue weighted by atomic mass is 32.2. The Hall–Kier alpha value is -1.81. The molecule has 8 heteroatoms. The van der Waals surface area contributed by atoms with Gasteiger partial charge in [0.2, 0.25) is 0 Å². The van der Waals surface area contributed by atoms with Crippen LogP contribution < -0.4 is 9.64 Å². The molecule has 31 heavy (non-hydrogen) atoms. The Balaban J connectivity index is 1.46. The summed E-state index contributed by atoms with van der Waals surface area (Å²) < 4.78 is 11.5. The first kappa shape index (κ1) is 22.4. The Morgan fingerprint density at radius 1 is 0.935 bits per heavy atom. The van der Waals surface area contributed by atoms with Crippen LogP contribution in [-0.4, -0.2) is 82.3 Å². The van der Waals surface area contributed by atoms with E-state index in [-0.39, 0.29) is 6.61 Å². The number of hydrogen-bond acceptors (Lipinski definition) is 8. The largest absolute Gasteiger partial charge is 0.477 e. The molecule has 0 spiro atoms. The second-order valence-electron chi connectivity index (χ2n) is 7.87. The van der Waals surface area contributed by atoms with Crippen LogP contribution in [0.5, 0.6) is 5.75 Å². The van der Waals surface area contributed by atoms with E-state index in [0.717, 1.165) is 49.2 Å². The molecule has 2 saturated heterocycles. The minimum absolute atomic E-state index is 0.313. The van der Waals surface area contributed by atoms with E-state index in [1.807, 2.05) is 24.3 Å². The lowest BCUT2D eigenvalue weighted by molar-refractivity contribution is -0.0910. The number of ether oxygens (including phenoxy) is 2. The van der Waals surface area contributed by atoms with Crippen LogP contribution in [-0.2, 0) is 11.2 Å². The lowest BCUT2D eigenvalue weighted by Gasteiger charge is -2.39. The quantitative estimate of drug-likeness (QED) is 0.521. The molecule has 168 valence electrons. The van der Waals surface area contributed by atoms with Gasteiger partial charge in [0, 0.05) is 25.2 Å². The van der Waals surface area contributed by atoms with Gasteiger partial charge in [-0.05, 0) is 29.3 Å². The van der Waals surface area contributed by atoms with Gasteiger partial charge in [0.1, 0.15) is 18.0 Å². The van der Waals surface area contributed by atoms with Crippen molar-refractivity contribution in [3.05, 3.63) is 59.7 Å². The van der Waals surface area contributed by atoms with Crippen molar-refractivity contribution in [3.8, 4) is 5.75 Å². The molecule has 2 aliphatic heterocycles. The third-order valence-electron chi connectivity index (χ3n) is 5.77. The van der Waals surface area contributed by atoms with Gasteiger partial charge in [0.15, 0.2) is 5.44 Å². The summed E-state index contributed by atoms with van der Waals surface area (Å²) in [6, 6.07) is 16.0. The lowest BCUT2D eigenvalue weighted by atomic mass is 10.0. The van der Waals surface area contributed by atoms with E-state index in [1.54, 1.807) is 0 Å². The van der Waals surface area contributed by atoms with E-state index in [0.29, 0.717) is 12.2 Å². The molecule has 0 aliphatic carbocycles. The fourth-order valence-electron chi connectivity index (χ4n) is 3.92. The molecule has 0 unspecified atom stereocenters. The Labute approximate surface area is 186 Å². The summed E-state index contributed by atoms with van der Waals surface area (Å²) in [4.78, 5) is 2.31. The number of rotatable bonds is 6. The second-order valence-corrected chi connectivity index (χ2v) is 9.21. The number of anilines is 1. The van der Waals surface area contributed by atoms with E-state index < -0.39 is 29.0 Å². The van der Waals surface area contributed by atoms with Crippen LogP contribution in [0.3, 0.4) is 0 Å². The summed E-state index contributed by atoms with van der Waals surface area (Å²) in [5.41, 5.74) is 2.48. The first-order chi connectivity index (χ1) is 15.1. The first-order valence-electron chi connectivity index (χ1n) is 10.5. The average Bonchev–Trinajstić information content (AvgIpc) is 2.81. The number of nitrogens with zero attached hydrogens (tertiary/aromatic N) is 1. The molecule has 4 rings (SSSR count). The molecule has 5 atom stereocenters. The first-order valence-corrected chi connectivity index (χ1v) is 11.5. The smallest absolute Gasteiger partial charge is 0.173 e. The molecule has 2 aromatic carbocycles. The Bertz CT molecular complexity index is 842. The minimum Gasteiger partial charge on any atom is -0.477 e. The summed E-state index contributed by atoms with van der Waals surface area (Å²) in [6.07, 6.45) is -3.18. The SMILES string of the molecule is OC[C@@H]1S[C@H](Oc2ccccc2Cc2ccc(N3CCOCC3)cc2)[C@H](O)[C@@H](O)[C@@H]1O. The van der Waals surface area contributed by atoms with Gasteiger partial charge in [-0.2, -0.15) is 0 Å². The lowest BCUT2D eigenvalue weighted by Crippen LogP contribution is -2.55. The zero-order valence-electron chi connectivity index (χ0n) is 17.2. The molecule has 2 aromatic rings. The summed E-state index contributed by atoms with van der Waals surface area (Å²) >= 11 is 1.13. The van der Waals surface area contributed by atoms with Crippen LogP contribution >= 0.6 is 11.8 Å². The van der Waals surface area contributed by atoms with Gasteiger partial charge in [-0.15, -0.1) is 11.8 Å². The highest BCUT2D eigenvalue weighted by molar-refractivity contribution is 8.00. The van der Waals surface area contributed by atoms with Crippen molar-refractivity contribution in [2.24, 2.45) is 0 Å². The molecule has 2 aliphatic rings. The minimum atomic E-state index is -1.37.